The molecule has 2 aromatic heterocycles. The third-order valence-corrected chi connectivity index (χ3v) is 5.72. The van der Waals surface area contributed by atoms with E-state index in [4.69, 9.17) is 16.2 Å². The second kappa shape index (κ2) is 9.86. The number of rotatable bonds is 6. The second-order valence-corrected chi connectivity index (χ2v) is 8.32. The number of nitrogens with zero attached hydrogens (tertiary/aromatic N) is 5. The lowest BCUT2D eigenvalue weighted by Gasteiger charge is -2.26. The monoisotopic (exact) mass is 450 g/mol. The Morgan fingerprint density at radius 1 is 1.22 bits per heavy atom. The number of aliphatic imine (C=N–C) groups is 2. The number of thiazole rings is 1. The smallest absolute Gasteiger partial charge is 0.141 e. The molecule has 0 radical (unpaired) electrons. The van der Waals surface area contributed by atoms with E-state index in [1.165, 1.54) is 0 Å². The van der Waals surface area contributed by atoms with E-state index in [1.807, 2.05) is 36.0 Å². The predicted molar refractivity (Wildman–Crippen MR) is 130 cm³/mol. The van der Waals surface area contributed by atoms with Crippen LogP contribution in [0.25, 0.3) is 10.2 Å². The zero-order valence-electron chi connectivity index (χ0n) is 17.9. The van der Waals surface area contributed by atoms with E-state index in [2.05, 4.69) is 36.7 Å². The van der Waals surface area contributed by atoms with Crippen LogP contribution in [0.3, 0.4) is 0 Å². The van der Waals surface area contributed by atoms with Gasteiger partial charge >= 0.3 is 0 Å². The molecule has 166 valence electrons. The molecule has 9 nitrogen and oxygen atoms in total. The highest BCUT2D eigenvalue weighted by atomic mass is 32.1. The van der Waals surface area contributed by atoms with Gasteiger partial charge in [0.05, 0.1) is 34.5 Å². The van der Waals surface area contributed by atoms with E-state index in [-0.39, 0.29) is 5.82 Å². The second-order valence-electron chi connectivity index (χ2n) is 7.44. The van der Waals surface area contributed by atoms with Gasteiger partial charge in [0, 0.05) is 31.5 Å². The van der Waals surface area contributed by atoms with Gasteiger partial charge in [0.25, 0.3) is 0 Å². The van der Waals surface area contributed by atoms with Crippen molar-refractivity contribution in [2.45, 2.75) is 13.5 Å². The fourth-order valence-corrected chi connectivity index (χ4v) is 4.11. The number of nitrogens with one attached hydrogen (secondary N) is 1. The number of aromatic nitrogens is 2. The summed E-state index contributed by atoms with van der Waals surface area (Å²) in [5, 5.41) is 3.36. The Bertz CT molecular complexity index is 1180. The van der Waals surface area contributed by atoms with Crippen molar-refractivity contribution >= 4 is 44.7 Å². The molecule has 1 aromatic carbocycles. The number of hydrogen-bond donors (Lipinski definition) is 3. The van der Waals surface area contributed by atoms with E-state index < -0.39 is 0 Å². The van der Waals surface area contributed by atoms with Gasteiger partial charge in [0.1, 0.15) is 23.3 Å². The highest BCUT2D eigenvalue weighted by molar-refractivity contribution is 7.16. The molecule has 1 aliphatic rings. The molecule has 1 aliphatic heterocycles. The molecule has 10 heteroatoms. The van der Waals surface area contributed by atoms with Crippen molar-refractivity contribution in [2.24, 2.45) is 21.5 Å². The minimum atomic E-state index is 0.174. The Kier molecular flexibility index (Phi) is 6.74. The number of amidine groups is 2. The van der Waals surface area contributed by atoms with Crippen LogP contribution in [0.2, 0.25) is 0 Å². The molecule has 3 aromatic rings. The average Bonchev–Trinajstić information content (AvgIpc) is 3.23. The topological polar surface area (TPSA) is 127 Å². The minimum absolute atomic E-state index is 0.174. The zero-order valence-corrected chi connectivity index (χ0v) is 18.7. The molecule has 3 heterocycles. The van der Waals surface area contributed by atoms with Crippen LogP contribution in [0.15, 0.2) is 58.4 Å². The summed E-state index contributed by atoms with van der Waals surface area (Å²) in [5.41, 5.74) is 17.3. The van der Waals surface area contributed by atoms with Gasteiger partial charge in [-0.2, -0.15) is 0 Å². The highest BCUT2D eigenvalue weighted by Crippen LogP contribution is 2.25. The van der Waals surface area contributed by atoms with Crippen LogP contribution >= 0.6 is 11.3 Å². The van der Waals surface area contributed by atoms with Gasteiger partial charge in [-0.05, 0) is 36.8 Å². The van der Waals surface area contributed by atoms with Crippen molar-refractivity contribution in [1.29, 1.82) is 0 Å². The van der Waals surface area contributed by atoms with E-state index >= 15 is 0 Å². The molecule has 0 bridgehead atoms. The summed E-state index contributed by atoms with van der Waals surface area (Å²) in [6.07, 6.45) is 1.86. The van der Waals surface area contributed by atoms with E-state index in [1.54, 1.807) is 18.3 Å². The SMILES string of the molecule is C=C(N)N=C(C)N=C(N)c1cc(CN2CCOCC2)cnc1Nc1ccc2scnc2c1. The molecule has 0 atom stereocenters. The molecule has 1 fully saturated rings. The van der Waals surface area contributed by atoms with Gasteiger partial charge in [-0.15, -0.1) is 11.3 Å². The fourth-order valence-electron chi connectivity index (χ4n) is 3.45. The molecule has 0 amide bonds. The third kappa shape index (κ3) is 5.47. The summed E-state index contributed by atoms with van der Waals surface area (Å²) in [4.78, 5) is 19.8. The van der Waals surface area contributed by atoms with Crippen LogP contribution in [-0.2, 0) is 11.3 Å². The van der Waals surface area contributed by atoms with Crippen LogP contribution in [0.5, 0.6) is 0 Å². The first-order chi connectivity index (χ1) is 15.5. The summed E-state index contributed by atoms with van der Waals surface area (Å²) in [5.74, 6) is 1.49. The number of nitrogens with two attached hydrogens (primary N) is 2. The van der Waals surface area contributed by atoms with Crippen LogP contribution in [0.1, 0.15) is 18.1 Å². The van der Waals surface area contributed by atoms with Crippen LogP contribution in [0.4, 0.5) is 11.5 Å². The first-order valence-corrected chi connectivity index (χ1v) is 11.1. The lowest BCUT2D eigenvalue weighted by molar-refractivity contribution is 0.0341. The van der Waals surface area contributed by atoms with Crippen molar-refractivity contribution in [1.82, 2.24) is 14.9 Å². The number of hydrogen-bond acceptors (Lipinski definition) is 8. The Balaban J connectivity index is 1.66. The first kappa shape index (κ1) is 21.9. The maximum atomic E-state index is 6.38. The molecular weight excluding hydrogens is 424 g/mol. The van der Waals surface area contributed by atoms with Gasteiger partial charge in [0.15, 0.2) is 0 Å². The summed E-state index contributed by atoms with van der Waals surface area (Å²) in [6, 6.07) is 8.02. The quantitative estimate of drug-likeness (QED) is 0.389. The molecule has 0 aliphatic carbocycles. The predicted octanol–water partition coefficient (Wildman–Crippen LogP) is 2.82. The molecule has 4 rings (SSSR count). The van der Waals surface area contributed by atoms with Crippen molar-refractivity contribution in [3.63, 3.8) is 0 Å². The van der Waals surface area contributed by atoms with Gasteiger partial charge in [0.2, 0.25) is 0 Å². The van der Waals surface area contributed by atoms with Crippen LogP contribution < -0.4 is 16.8 Å². The Hall–Kier alpha value is -3.34. The number of pyridine rings is 1. The lowest BCUT2D eigenvalue weighted by Crippen LogP contribution is -2.35. The Labute approximate surface area is 190 Å². The number of benzene rings is 1. The Morgan fingerprint density at radius 3 is 2.81 bits per heavy atom. The van der Waals surface area contributed by atoms with E-state index in [9.17, 15) is 0 Å². The largest absolute Gasteiger partial charge is 0.384 e. The fraction of sp³-hybridized carbons (Fsp3) is 0.273. The summed E-state index contributed by atoms with van der Waals surface area (Å²) in [6.45, 7) is 9.31. The average molecular weight is 451 g/mol. The van der Waals surface area contributed by atoms with Crippen molar-refractivity contribution in [2.75, 3.05) is 31.6 Å². The number of morpholine rings is 1. The van der Waals surface area contributed by atoms with Crippen molar-refractivity contribution < 1.29 is 4.74 Å². The number of anilines is 2. The van der Waals surface area contributed by atoms with Gasteiger partial charge in [-0.25, -0.2) is 20.0 Å². The summed E-state index contributed by atoms with van der Waals surface area (Å²) < 4.78 is 6.57. The molecule has 5 N–H and O–H groups in total. The molecule has 0 unspecified atom stereocenters. The zero-order chi connectivity index (χ0) is 22.5. The van der Waals surface area contributed by atoms with Crippen LogP contribution in [-0.4, -0.2) is 52.8 Å². The molecular formula is C22H26N8OS. The molecule has 0 saturated carbocycles. The Morgan fingerprint density at radius 2 is 2.03 bits per heavy atom. The van der Waals surface area contributed by atoms with Crippen molar-refractivity contribution in [3.05, 3.63) is 59.5 Å². The maximum Gasteiger partial charge on any atom is 0.141 e. The van der Waals surface area contributed by atoms with E-state index in [0.717, 1.165) is 54.3 Å². The molecule has 32 heavy (non-hydrogen) atoms. The number of fused-ring (bicyclic) bond motifs is 1. The van der Waals surface area contributed by atoms with Gasteiger partial charge < -0.3 is 21.5 Å². The number of ether oxygens (including phenoxy) is 1. The highest BCUT2D eigenvalue weighted by Gasteiger charge is 2.15. The maximum absolute atomic E-state index is 6.38. The van der Waals surface area contributed by atoms with Gasteiger partial charge in [-0.1, -0.05) is 6.58 Å². The van der Waals surface area contributed by atoms with Crippen molar-refractivity contribution in [3.8, 4) is 0 Å². The standard InChI is InChI=1S/C22H26N8OS/c1-14(23)27-15(2)28-21(24)18-9-16(12-30-5-7-31-8-6-30)11-25-22(18)29-17-3-4-20-19(10-17)26-13-32-20/h3-4,9-11,13H,1,5-8,12,23H2,2H3,(H,25,29)(H2,24,27,28). The third-order valence-electron chi connectivity index (χ3n) is 4.91. The first-order valence-electron chi connectivity index (χ1n) is 10.2. The lowest BCUT2D eigenvalue weighted by atomic mass is 10.1. The van der Waals surface area contributed by atoms with Crippen LogP contribution in [0, 0.1) is 0 Å². The molecule has 1 saturated heterocycles. The summed E-state index contributed by atoms with van der Waals surface area (Å²) >= 11 is 1.60. The minimum Gasteiger partial charge on any atom is -0.384 e. The normalized spacial score (nSPS) is 15.8. The summed E-state index contributed by atoms with van der Waals surface area (Å²) in [7, 11) is 0. The molecule has 0 spiro atoms. The van der Waals surface area contributed by atoms with Gasteiger partial charge in [-0.3, -0.25) is 4.90 Å². The van der Waals surface area contributed by atoms with E-state index in [0.29, 0.717) is 23.1 Å².